The summed E-state index contributed by atoms with van der Waals surface area (Å²) in [6, 6.07) is 8.14. The molecule has 0 saturated heterocycles. The molecule has 1 aliphatic rings. The van der Waals surface area contributed by atoms with E-state index in [1.54, 1.807) is 12.1 Å². The Morgan fingerprint density at radius 2 is 1.71 bits per heavy atom. The van der Waals surface area contributed by atoms with Crippen LogP contribution in [0.25, 0.3) is 0 Å². The molecule has 1 aliphatic carbocycles. The first-order chi connectivity index (χ1) is 9.98. The average molecular weight is 295 g/mol. The van der Waals surface area contributed by atoms with Crippen LogP contribution in [0.5, 0.6) is 5.75 Å². The minimum absolute atomic E-state index is 0.183. The summed E-state index contributed by atoms with van der Waals surface area (Å²) in [5, 5.41) is 8.50. The molecule has 0 heterocycles. The van der Waals surface area contributed by atoms with Gasteiger partial charge in [0.1, 0.15) is 5.75 Å². The lowest BCUT2D eigenvalue weighted by Crippen LogP contribution is -2.17. The Morgan fingerprint density at radius 3 is 2.24 bits per heavy atom. The molecule has 2 rings (SSSR count). The number of nitrogens with zero attached hydrogens (tertiary/aromatic N) is 1. The summed E-state index contributed by atoms with van der Waals surface area (Å²) in [4.78, 5) is 0. The second-order valence-corrected chi connectivity index (χ2v) is 5.22. The van der Waals surface area contributed by atoms with Gasteiger partial charge in [-0.2, -0.15) is 5.26 Å². The molecule has 0 N–H and O–H groups in total. The Balaban J connectivity index is 1.92. The highest BCUT2D eigenvalue weighted by molar-refractivity contribution is 5.30. The van der Waals surface area contributed by atoms with Crippen molar-refractivity contribution in [2.24, 2.45) is 5.92 Å². The Morgan fingerprint density at radius 1 is 1.10 bits per heavy atom. The molecule has 1 saturated carbocycles. The molecule has 1 aromatic rings. The lowest BCUT2D eigenvalue weighted by atomic mass is 9.78. The fraction of sp³-hybridized carbons (Fsp3) is 0.438. The van der Waals surface area contributed by atoms with E-state index in [2.05, 4.69) is 4.74 Å². The summed E-state index contributed by atoms with van der Waals surface area (Å²) in [6.07, 6.45) is 2.80. The van der Waals surface area contributed by atoms with Crippen molar-refractivity contribution in [2.45, 2.75) is 38.0 Å². The number of ether oxygens (including phenoxy) is 1. The standard InChI is InChI=1S/C16H16F3NO/c17-16(18,19)21-15-9-7-14(8-10-15)13-5-3-12(4-6-13)2-1-11-20/h1-2,7-10,12-13H,3-6H2/t12-,13-. The number of benzene rings is 1. The van der Waals surface area contributed by atoms with Crippen LogP contribution >= 0.6 is 0 Å². The van der Waals surface area contributed by atoms with Crippen LogP contribution in [0.1, 0.15) is 37.2 Å². The third-order valence-electron chi connectivity index (χ3n) is 3.80. The zero-order valence-corrected chi connectivity index (χ0v) is 11.4. The van der Waals surface area contributed by atoms with Gasteiger partial charge in [-0.05, 0) is 55.2 Å². The predicted octanol–water partition coefficient (Wildman–Crippen LogP) is 4.94. The van der Waals surface area contributed by atoms with Gasteiger partial charge < -0.3 is 4.74 Å². The highest BCUT2D eigenvalue weighted by Crippen LogP contribution is 2.37. The fourth-order valence-electron chi connectivity index (χ4n) is 2.77. The molecule has 2 nitrogen and oxygen atoms in total. The van der Waals surface area contributed by atoms with E-state index in [0.717, 1.165) is 31.2 Å². The molecule has 1 aromatic carbocycles. The minimum Gasteiger partial charge on any atom is -0.406 e. The quantitative estimate of drug-likeness (QED) is 0.740. The first kappa shape index (κ1) is 15.4. The number of hydrogen-bond acceptors (Lipinski definition) is 2. The van der Waals surface area contributed by atoms with Gasteiger partial charge in [0.05, 0.1) is 6.07 Å². The van der Waals surface area contributed by atoms with Crippen molar-refractivity contribution in [1.29, 1.82) is 5.26 Å². The van der Waals surface area contributed by atoms with Crippen molar-refractivity contribution in [3.63, 3.8) is 0 Å². The number of alkyl halides is 3. The topological polar surface area (TPSA) is 33.0 Å². The van der Waals surface area contributed by atoms with Crippen LogP contribution < -0.4 is 4.74 Å². The van der Waals surface area contributed by atoms with Crippen molar-refractivity contribution in [3.8, 4) is 11.8 Å². The zero-order valence-electron chi connectivity index (χ0n) is 11.4. The summed E-state index contributed by atoms with van der Waals surface area (Å²) in [6.45, 7) is 0. The van der Waals surface area contributed by atoms with Gasteiger partial charge in [-0.25, -0.2) is 0 Å². The molecule has 1 fully saturated rings. The number of hydrogen-bond donors (Lipinski definition) is 0. The number of allylic oxidation sites excluding steroid dienone is 2. The zero-order chi connectivity index (χ0) is 15.3. The first-order valence-corrected chi connectivity index (χ1v) is 6.90. The third-order valence-corrected chi connectivity index (χ3v) is 3.80. The fourth-order valence-corrected chi connectivity index (χ4v) is 2.77. The van der Waals surface area contributed by atoms with Crippen LogP contribution in [0.2, 0.25) is 0 Å². The van der Waals surface area contributed by atoms with E-state index in [9.17, 15) is 13.2 Å². The van der Waals surface area contributed by atoms with E-state index < -0.39 is 6.36 Å². The minimum atomic E-state index is -4.65. The molecule has 0 amide bonds. The molecule has 21 heavy (non-hydrogen) atoms. The van der Waals surface area contributed by atoms with Crippen LogP contribution in [-0.4, -0.2) is 6.36 Å². The van der Waals surface area contributed by atoms with E-state index in [1.165, 1.54) is 18.2 Å². The second kappa shape index (κ2) is 6.66. The van der Waals surface area contributed by atoms with Gasteiger partial charge in [0.25, 0.3) is 0 Å². The lowest BCUT2D eigenvalue weighted by Gasteiger charge is -2.27. The Labute approximate surface area is 121 Å². The van der Waals surface area contributed by atoms with Crippen molar-refractivity contribution in [1.82, 2.24) is 0 Å². The molecule has 0 spiro atoms. The maximum Gasteiger partial charge on any atom is 0.573 e. The average Bonchev–Trinajstić information content (AvgIpc) is 2.45. The van der Waals surface area contributed by atoms with Gasteiger partial charge in [-0.3, -0.25) is 0 Å². The van der Waals surface area contributed by atoms with Crippen LogP contribution in [0.4, 0.5) is 13.2 Å². The summed E-state index contributed by atoms with van der Waals surface area (Å²) in [5.41, 5.74) is 1.05. The Kier molecular flexibility index (Phi) is 4.89. The SMILES string of the molecule is N#CC=C[C@H]1CC[C@H](c2ccc(OC(F)(F)F)cc2)CC1. The summed E-state index contributed by atoms with van der Waals surface area (Å²) in [7, 11) is 0. The number of halogens is 3. The molecule has 0 unspecified atom stereocenters. The maximum atomic E-state index is 12.1. The molecular weight excluding hydrogens is 279 g/mol. The van der Waals surface area contributed by atoms with Gasteiger partial charge in [0.2, 0.25) is 0 Å². The molecule has 0 radical (unpaired) electrons. The van der Waals surface area contributed by atoms with Crippen LogP contribution in [0.15, 0.2) is 36.4 Å². The van der Waals surface area contributed by atoms with Gasteiger partial charge in [0, 0.05) is 6.08 Å². The first-order valence-electron chi connectivity index (χ1n) is 6.90. The second-order valence-electron chi connectivity index (χ2n) is 5.22. The smallest absolute Gasteiger partial charge is 0.406 e. The van der Waals surface area contributed by atoms with E-state index in [-0.39, 0.29) is 5.75 Å². The van der Waals surface area contributed by atoms with E-state index in [4.69, 9.17) is 5.26 Å². The number of nitriles is 1. The number of rotatable bonds is 3. The van der Waals surface area contributed by atoms with E-state index in [1.807, 2.05) is 12.1 Å². The normalized spacial score (nSPS) is 23.0. The van der Waals surface area contributed by atoms with Gasteiger partial charge in [-0.1, -0.05) is 18.2 Å². The van der Waals surface area contributed by atoms with Crippen molar-refractivity contribution in [3.05, 3.63) is 42.0 Å². The van der Waals surface area contributed by atoms with Crippen molar-refractivity contribution in [2.75, 3.05) is 0 Å². The molecular formula is C16H16F3NO. The van der Waals surface area contributed by atoms with Crippen LogP contribution in [-0.2, 0) is 0 Å². The lowest BCUT2D eigenvalue weighted by molar-refractivity contribution is -0.274. The van der Waals surface area contributed by atoms with E-state index in [0.29, 0.717) is 11.8 Å². The molecule has 0 aliphatic heterocycles. The van der Waals surface area contributed by atoms with Crippen molar-refractivity contribution >= 4 is 0 Å². The van der Waals surface area contributed by atoms with Gasteiger partial charge >= 0.3 is 6.36 Å². The van der Waals surface area contributed by atoms with Crippen LogP contribution in [0, 0.1) is 17.2 Å². The predicted molar refractivity (Wildman–Crippen MR) is 72.6 cm³/mol. The highest BCUT2D eigenvalue weighted by atomic mass is 19.4. The maximum absolute atomic E-state index is 12.1. The molecule has 0 bridgehead atoms. The van der Waals surface area contributed by atoms with Gasteiger partial charge in [-0.15, -0.1) is 13.2 Å². The Bertz CT molecular complexity index is 520. The Hall–Kier alpha value is -1.96. The van der Waals surface area contributed by atoms with Gasteiger partial charge in [0.15, 0.2) is 0 Å². The third kappa shape index (κ3) is 4.82. The van der Waals surface area contributed by atoms with Crippen molar-refractivity contribution < 1.29 is 17.9 Å². The summed E-state index contributed by atoms with van der Waals surface area (Å²) < 4.78 is 40.1. The largest absolute Gasteiger partial charge is 0.573 e. The molecule has 5 heteroatoms. The highest BCUT2D eigenvalue weighted by Gasteiger charge is 2.31. The molecule has 112 valence electrons. The monoisotopic (exact) mass is 295 g/mol. The molecule has 0 aromatic heterocycles. The van der Waals surface area contributed by atoms with Crippen LogP contribution in [0.3, 0.4) is 0 Å². The molecule has 0 atom stereocenters. The van der Waals surface area contributed by atoms with E-state index >= 15 is 0 Å². The summed E-state index contributed by atoms with van der Waals surface area (Å²) in [5.74, 6) is 0.627. The summed E-state index contributed by atoms with van der Waals surface area (Å²) >= 11 is 0.